The van der Waals surface area contributed by atoms with E-state index in [1.165, 1.54) is 11.5 Å². The van der Waals surface area contributed by atoms with Gasteiger partial charge >= 0.3 is 6.01 Å². The van der Waals surface area contributed by atoms with Crippen molar-refractivity contribution in [1.82, 2.24) is 15.0 Å². The van der Waals surface area contributed by atoms with Crippen LogP contribution in [-0.4, -0.2) is 39.1 Å². The van der Waals surface area contributed by atoms with Gasteiger partial charge in [-0.1, -0.05) is 6.92 Å². The first-order valence-corrected chi connectivity index (χ1v) is 7.67. The lowest BCUT2D eigenvalue weighted by Gasteiger charge is -2.22. The van der Waals surface area contributed by atoms with Crippen molar-refractivity contribution in [3.8, 4) is 6.01 Å². The van der Waals surface area contributed by atoms with E-state index >= 15 is 0 Å². The Kier molecular flexibility index (Phi) is 5.46. The fourth-order valence-corrected chi connectivity index (χ4v) is 2.87. The lowest BCUT2D eigenvalue weighted by molar-refractivity contribution is 0.292. The molecule has 0 unspecified atom stereocenters. The Balaban J connectivity index is 2.04. The van der Waals surface area contributed by atoms with E-state index in [-0.39, 0.29) is 0 Å². The van der Waals surface area contributed by atoms with E-state index in [9.17, 15) is 0 Å². The number of anilines is 2. The normalized spacial score (nSPS) is 16.1. The van der Waals surface area contributed by atoms with Gasteiger partial charge in [0.25, 0.3) is 0 Å². The van der Waals surface area contributed by atoms with Crippen LogP contribution in [0, 0.1) is 0 Å². The number of aromatic nitrogens is 3. The van der Waals surface area contributed by atoms with Crippen LogP contribution in [0.4, 0.5) is 11.9 Å². The van der Waals surface area contributed by atoms with Crippen LogP contribution in [0.5, 0.6) is 6.01 Å². The van der Waals surface area contributed by atoms with Crippen LogP contribution in [0.25, 0.3) is 0 Å². The van der Waals surface area contributed by atoms with Gasteiger partial charge in [0.2, 0.25) is 11.9 Å². The maximum Gasteiger partial charge on any atom is 0.323 e. The Hall–Kier alpha value is -1.28. The second kappa shape index (κ2) is 7.34. The maximum atomic E-state index is 5.43. The molecule has 0 atom stereocenters. The number of nitrogen functional groups attached to an aromatic ring is 1. The SMILES string of the molecule is CCCOc1nc(NN)nc(NC2CCSCC2)n1. The number of hydrogen-bond donors (Lipinski definition) is 3. The highest BCUT2D eigenvalue weighted by molar-refractivity contribution is 7.99. The molecule has 106 valence electrons. The minimum absolute atomic E-state index is 0.303. The Bertz CT molecular complexity index is 399. The molecule has 0 spiro atoms. The van der Waals surface area contributed by atoms with Crippen LogP contribution in [0.15, 0.2) is 0 Å². The highest BCUT2D eigenvalue weighted by Gasteiger charge is 2.16. The maximum absolute atomic E-state index is 5.43. The molecule has 7 nitrogen and oxygen atoms in total. The molecule has 0 aromatic carbocycles. The molecule has 0 amide bonds. The molecule has 8 heteroatoms. The third kappa shape index (κ3) is 4.39. The number of thioether (sulfide) groups is 1. The summed E-state index contributed by atoms with van der Waals surface area (Å²) >= 11 is 1.98. The highest BCUT2D eigenvalue weighted by Crippen LogP contribution is 2.20. The van der Waals surface area contributed by atoms with E-state index in [1.54, 1.807) is 0 Å². The van der Waals surface area contributed by atoms with Gasteiger partial charge in [0.15, 0.2) is 0 Å². The van der Waals surface area contributed by atoms with Gasteiger partial charge in [-0.25, -0.2) is 5.84 Å². The van der Waals surface area contributed by atoms with Gasteiger partial charge in [0.1, 0.15) is 0 Å². The van der Waals surface area contributed by atoms with E-state index in [1.807, 2.05) is 18.7 Å². The van der Waals surface area contributed by atoms with Crippen molar-refractivity contribution in [2.45, 2.75) is 32.2 Å². The molecular formula is C11H20N6OS. The molecule has 2 rings (SSSR count). The summed E-state index contributed by atoms with van der Waals surface area (Å²) in [5.41, 5.74) is 2.44. The number of rotatable bonds is 6. The zero-order valence-electron chi connectivity index (χ0n) is 11.1. The van der Waals surface area contributed by atoms with Gasteiger partial charge in [-0.15, -0.1) is 0 Å². The first-order valence-electron chi connectivity index (χ1n) is 6.51. The molecule has 0 aliphatic carbocycles. The summed E-state index contributed by atoms with van der Waals surface area (Å²) in [6.45, 7) is 2.61. The number of ether oxygens (including phenoxy) is 1. The fourth-order valence-electron chi connectivity index (χ4n) is 1.77. The predicted octanol–water partition coefficient (Wildman–Crippen LogP) is 1.25. The van der Waals surface area contributed by atoms with Crippen molar-refractivity contribution in [3.05, 3.63) is 0 Å². The Labute approximate surface area is 117 Å². The van der Waals surface area contributed by atoms with E-state index in [0.29, 0.717) is 30.6 Å². The summed E-state index contributed by atoms with van der Waals surface area (Å²) in [4.78, 5) is 12.5. The summed E-state index contributed by atoms with van der Waals surface area (Å²) in [5, 5.41) is 3.32. The van der Waals surface area contributed by atoms with E-state index in [0.717, 1.165) is 19.3 Å². The minimum atomic E-state index is 0.303. The van der Waals surface area contributed by atoms with Crippen LogP contribution in [0.2, 0.25) is 0 Å². The van der Waals surface area contributed by atoms with Gasteiger partial charge in [-0.2, -0.15) is 26.7 Å². The van der Waals surface area contributed by atoms with Crippen molar-refractivity contribution in [2.24, 2.45) is 5.84 Å². The number of hydrazine groups is 1. The largest absolute Gasteiger partial charge is 0.463 e. The lowest BCUT2D eigenvalue weighted by atomic mass is 10.2. The average Bonchev–Trinajstić information content (AvgIpc) is 2.46. The third-order valence-corrected chi connectivity index (χ3v) is 3.78. The molecule has 19 heavy (non-hydrogen) atoms. The summed E-state index contributed by atoms with van der Waals surface area (Å²) < 4.78 is 5.43. The molecule has 0 bridgehead atoms. The van der Waals surface area contributed by atoms with E-state index < -0.39 is 0 Å². The van der Waals surface area contributed by atoms with Crippen LogP contribution in [0.3, 0.4) is 0 Å². The number of nitrogens with zero attached hydrogens (tertiary/aromatic N) is 3. The molecule has 0 radical (unpaired) electrons. The fraction of sp³-hybridized carbons (Fsp3) is 0.727. The summed E-state index contributed by atoms with van der Waals surface area (Å²) in [7, 11) is 0. The third-order valence-electron chi connectivity index (χ3n) is 2.73. The average molecular weight is 284 g/mol. The zero-order chi connectivity index (χ0) is 13.5. The van der Waals surface area contributed by atoms with Crippen LogP contribution < -0.4 is 21.3 Å². The van der Waals surface area contributed by atoms with E-state index in [2.05, 4.69) is 25.7 Å². The predicted molar refractivity (Wildman–Crippen MR) is 77.4 cm³/mol. The van der Waals surface area contributed by atoms with Crippen LogP contribution in [0.1, 0.15) is 26.2 Å². The smallest absolute Gasteiger partial charge is 0.323 e. The molecule has 0 saturated carbocycles. The summed E-state index contributed by atoms with van der Waals surface area (Å²) in [6, 6.07) is 0.714. The monoisotopic (exact) mass is 284 g/mol. The molecule has 1 aliphatic rings. The topological polar surface area (TPSA) is 98.0 Å². The van der Waals surface area contributed by atoms with Gasteiger partial charge in [0, 0.05) is 6.04 Å². The van der Waals surface area contributed by atoms with E-state index in [4.69, 9.17) is 10.6 Å². The number of nitrogens with one attached hydrogen (secondary N) is 2. The Morgan fingerprint density at radius 2 is 2.00 bits per heavy atom. The second-order valence-corrected chi connectivity index (χ2v) is 5.51. The summed E-state index contributed by atoms with van der Waals surface area (Å²) in [5.74, 6) is 8.53. The molecule has 1 fully saturated rings. The lowest BCUT2D eigenvalue weighted by Crippen LogP contribution is -2.26. The first-order chi connectivity index (χ1) is 9.31. The van der Waals surface area contributed by atoms with Gasteiger partial charge < -0.3 is 10.1 Å². The standard InChI is InChI=1S/C11H20N6OS/c1-2-5-18-11-15-9(14-10(16-11)17-12)13-8-3-6-19-7-4-8/h8H,2-7,12H2,1H3,(H2,13,14,15,16,17). The van der Waals surface area contributed by atoms with Crippen LogP contribution >= 0.6 is 11.8 Å². The number of nitrogens with two attached hydrogens (primary N) is 1. The van der Waals surface area contributed by atoms with Gasteiger partial charge in [0.05, 0.1) is 6.61 Å². The molecule has 1 aliphatic heterocycles. The zero-order valence-corrected chi connectivity index (χ0v) is 11.9. The molecule has 1 aromatic rings. The second-order valence-electron chi connectivity index (χ2n) is 4.29. The molecule has 4 N–H and O–H groups in total. The molecule has 1 saturated heterocycles. The minimum Gasteiger partial charge on any atom is -0.463 e. The van der Waals surface area contributed by atoms with Crippen molar-refractivity contribution < 1.29 is 4.74 Å². The Morgan fingerprint density at radius 3 is 2.68 bits per heavy atom. The van der Waals surface area contributed by atoms with Gasteiger partial charge in [-0.05, 0) is 30.8 Å². The van der Waals surface area contributed by atoms with Crippen molar-refractivity contribution >= 4 is 23.7 Å². The first kappa shape index (κ1) is 14.1. The van der Waals surface area contributed by atoms with Crippen LogP contribution in [-0.2, 0) is 0 Å². The van der Waals surface area contributed by atoms with Crippen molar-refractivity contribution in [2.75, 3.05) is 28.9 Å². The molecular weight excluding hydrogens is 264 g/mol. The summed E-state index contributed by atoms with van der Waals surface area (Å²) in [6.07, 6.45) is 3.14. The highest BCUT2D eigenvalue weighted by atomic mass is 32.2. The number of hydrogen-bond acceptors (Lipinski definition) is 8. The quantitative estimate of drug-likeness (QED) is 0.530. The molecule has 1 aromatic heterocycles. The Morgan fingerprint density at radius 1 is 1.26 bits per heavy atom. The van der Waals surface area contributed by atoms with Gasteiger partial charge in [-0.3, -0.25) is 5.43 Å². The molecule has 2 heterocycles. The van der Waals surface area contributed by atoms with Crippen molar-refractivity contribution in [3.63, 3.8) is 0 Å². The van der Waals surface area contributed by atoms with Crippen molar-refractivity contribution in [1.29, 1.82) is 0 Å².